The number of aromatic nitrogens is 4. The summed E-state index contributed by atoms with van der Waals surface area (Å²) in [7, 11) is 0. The molecule has 0 saturated carbocycles. The van der Waals surface area contributed by atoms with E-state index in [9.17, 15) is 4.79 Å². The number of aromatic amines is 1. The highest BCUT2D eigenvalue weighted by atomic mass is 16.1. The maximum Gasteiger partial charge on any atom is 0.266 e. The van der Waals surface area contributed by atoms with Gasteiger partial charge in [-0.3, -0.25) is 4.79 Å². The molecule has 0 spiro atoms. The first-order valence-electron chi connectivity index (χ1n) is 9.22. The molecule has 26 heavy (non-hydrogen) atoms. The van der Waals surface area contributed by atoms with Gasteiger partial charge < -0.3 is 9.88 Å². The third-order valence-electron chi connectivity index (χ3n) is 5.04. The van der Waals surface area contributed by atoms with Gasteiger partial charge in [-0.25, -0.2) is 9.67 Å². The molecule has 4 rings (SSSR count). The molecule has 136 valence electrons. The van der Waals surface area contributed by atoms with Crippen LogP contribution in [0.1, 0.15) is 39.3 Å². The van der Waals surface area contributed by atoms with Gasteiger partial charge in [0.25, 0.3) is 5.56 Å². The Balaban J connectivity index is 1.62. The van der Waals surface area contributed by atoms with Crippen LogP contribution in [0.2, 0.25) is 0 Å². The number of H-pyrrole nitrogens is 1. The van der Waals surface area contributed by atoms with Crippen LogP contribution in [0.25, 0.3) is 11.0 Å². The molecule has 0 radical (unpaired) electrons. The smallest absolute Gasteiger partial charge is 0.266 e. The first-order chi connectivity index (χ1) is 12.4. The molecular formula is C20H25N5O. The van der Waals surface area contributed by atoms with E-state index in [4.69, 9.17) is 4.98 Å². The minimum Gasteiger partial charge on any atom is -0.338 e. The van der Waals surface area contributed by atoms with Crippen molar-refractivity contribution in [3.8, 4) is 0 Å². The number of hydrogen-bond donors (Lipinski definition) is 1. The predicted molar refractivity (Wildman–Crippen MR) is 104 cm³/mol. The average molecular weight is 351 g/mol. The van der Waals surface area contributed by atoms with Crippen molar-refractivity contribution in [2.75, 3.05) is 11.4 Å². The van der Waals surface area contributed by atoms with E-state index in [1.807, 2.05) is 30.3 Å². The fraction of sp³-hybridized carbons (Fsp3) is 0.450. The standard InChI is InChI=1S/C20H25N5O/c1-20(2,3)17-10-11-18(26)25(23-17)13-14-7-6-12-24(14)19-21-15-8-4-5-9-16(15)22-19/h4-5,8-11,14H,6-7,12-13H2,1-3H3,(H,21,22). The first kappa shape index (κ1) is 16.8. The Kier molecular flexibility index (Phi) is 4.05. The molecule has 1 aliphatic rings. The van der Waals surface area contributed by atoms with Gasteiger partial charge >= 0.3 is 0 Å². The van der Waals surface area contributed by atoms with Crippen LogP contribution < -0.4 is 10.5 Å². The number of para-hydroxylation sites is 2. The molecule has 6 nitrogen and oxygen atoms in total. The Bertz CT molecular complexity index is 949. The summed E-state index contributed by atoms with van der Waals surface area (Å²) < 4.78 is 1.62. The van der Waals surface area contributed by atoms with Gasteiger partial charge in [-0.1, -0.05) is 32.9 Å². The summed E-state index contributed by atoms with van der Waals surface area (Å²) in [5, 5.41) is 4.62. The molecule has 1 atom stereocenters. The number of imidazole rings is 1. The zero-order valence-corrected chi connectivity index (χ0v) is 15.6. The van der Waals surface area contributed by atoms with E-state index >= 15 is 0 Å². The average Bonchev–Trinajstić information content (AvgIpc) is 3.21. The SMILES string of the molecule is CC(C)(C)c1ccc(=O)n(CC2CCCN2c2nc3ccccc3[nH]2)n1. The van der Waals surface area contributed by atoms with Crippen LogP contribution in [-0.4, -0.2) is 32.3 Å². The highest BCUT2D eigenvalue weighted by Crippen LogP contribution is 2.26. The zero-order valence-electron chi connectivity index (χ0n) is 15.6. The van der Waals surface area contributed by atoms with Gasteiger partial charge in [-0.2, -0.15) is 5.10 Å². The number of rotatable bonds is 3. The highest BCUT2D eigenvalue weighted by molar-refractivity contribution is 5.77. The fourth-order valence-corrected chi connectivity index (χ4v) is 3.56. The van der Waals surface area contributed by atoms with Crippen molar-refractivity contribution in [3.63, 3.8) is 0 Å². The second-order valence-corrected chi connectivity index (χ2v) is 8.06. The van der Waals surface area contributed by atoms with Gasteiger partial charge in [0.2, 0.25) is 5.95 Å². The fourth-order valence-electron chi connectivity index (χ4n) is 3.56. The molecule has 0 aliphatic carbocycles. The van der Waals surface area contributed by atoms with Crippen LogP contribution in [0.4, 0.5) is 5.95 Å². The number of benzene rings is 1. The number of hydrogen-bond acceptors (Lipinski definition) is 4. The van der Waals surface area contributed by atoms with Crippen molar-refractivity contribution in [2.24, 2.45) is 0 Å². The van der Waals surface area contributed by atoms with E-state index in [2.05, 4.69) is 35.8 Å². The molecule has 1 fully saturated rings. The van der Waals surface area contributed by atoms with Crippen LogP contribution in [0.3, 0.4) is 0 Å². The minimum absolute atomic E-state index is 0.0468. The van der Waals surface area contributed by atoms with Gasteiger partial charge in [-0.15, -0.1) is 0 Å². The predicted octanol–water partition coefficient (Wildman–Crippen LogP) is 3.09. The molecule has 1 aliphatic heterocycles. The summed E-state index contributed by atoms with van der Waals surface area (Å²) in [4.78, 5) is 22.7. The molecule has 0 bridgehead atoms. The third-order valence-corrected chi connectivity index (χ3v) is 5.04. The zero-order chi connectivity index (χ0) is 18.3. The molecular weight excluding hydrogens is 326 g/mol. The Hall–Kier alpha value is -2.63. The van der Waals surface area contributed by atoms with Gasteiger partial charge in [0.1, 0.15) is 0 Å². The molecule has 1 aromatic carbocycles. The largest absolute Gasteiger partial charge is 0.338 e. The summed E-state index contributed by atoms with van der Waals surface area (Å²) in [5.74, 6) is 0.883. The quantitative estimate of drug-likeness (QED) is 0.787. The van der Waals surface area contributed by atoms with Gasteiger partial charge in [0, 0.05) is 18.0 Å². The summed E-state index contributed by atoms with van der Waals surface area (Å²) in [5.41, 5.74) is 2.82. The Morgan fingerprint density at radius 3 is 2.77 bits per heavy atom. The lowest BCUT2D eigenvalue weighted by Gasteiger charge is -2.25. The lowest BCUT2D eigenvalue weighted by molar-refractivity contribution is 0.456. The van der Waals surface area contributed by atoms with Crippen molar-refractivity contribution in [2.45, 2.75) is 51.6 Å². The first-order valence-corrected chi connectivity index (χ1v) is 9.22. The summed E-state index contributed by atoms with van der Waals surface area (Å²) in [6.07, 6.45) is 2.13. The van der Waals surface area contributed by atoms with Crippen molar-refractivity contribution in [1.29, 1.82) is 0 Å². The van der Waals surface area contributed by atoms with Gasteiger partial charge in [-0.05, 0) is 31.0 Å². The molecule has 6 heteroatoms. The van der Waals surface area contributed by atoms with Crippen LogP contribution in [-0.2, 0) is 12.0 Å². The van der Waals surface area contributed by atoms with Crippen molar-refractivity contribution >= 4 is 17.0 Å². The maximum absolute atomic E-state index is 12.3. The molecule has 1 N–H and O–H groups in total. The number of fused-ring (bicyclic) bond motifs is 1. The van der Waals surface area contributed by atoms with E-state index in [0.29, 0.717) is 6.54 Å². The third kappa shape index (κ3) is 3.11. The topological polar surface area (TPSA) is 66.8 Å². The van der Waals surface area contributed by atoms with Gasteiger partial charge in [0.15, 0.2) is 0 Å². The molecule has 0 amide bonds. The molecule has 1 saturated heterocycles. The Morgan fingerprint density at radius 2 is 2.00 bits per heavy atom. The summed E-state index contributed by atoms with van der Waals surface area (Å²) >= 11 is 0. The van der Waals surface area contributed by atoms with Crippen molar-refractivity contribution in [3.05, 3.63) is 52.4 Å². The van der Waals surface area contributed by atoms with Crippen LogP contribution in [0.15, 0.2) is 41.2 Å². The Morgan fingerprint density at radius 1 is 1.19 bits per heavy atom. The van der Waals surface area contributed by atoms with Crippen LogP contribution in [0.5, 0.6) is 0 Å². The minimum atomic E-state index is -0.0798. The molecule has 3 aromatic rings. The maximum atomic E-state index is 12.3. The summed E-state index contributed by atoms with van der Waals surface area (Å²) in [6, 6.07) is 11.7. The van der Waals surface area contributed by atoms with Crippen molar-refractivity contribution in [1.82, 2.24) is 19.7 Å². The lowest BCUT2D eigenvalue weighted by Crippen LogP contribution is -2.38. The van der Waals surface area contributed by atoms with Crippen LogP contribution >= 0.6 is 0 Å². The van der Waals surface area contributed by atoms with Crippen LogP contribution in [0, 0.1) is 0 Å². The molecule has 1 unspecified atom stereocenters. The highest BCUT2D eigenvalue weighted by Gasteiger charge is 2.28. The lowest BCUT2D eigenvalue weighted by atomic mass is 9.92. The van der Waals surface area contributed by atoms with Crippen molar-refractivity contribution < 1.29 is 0 Å². The number of anilines is 1. The van der Waals surface area contributed by atoms with Gasteiger partial charge in [0.05, 0.1) is 29.3 Å². The number of nitrogens with one attached hydrogen (secondary N) is 1. The second-order valence-electron chi connectivity index (χ2n) is 8.06. The van der Waals surface area contributed by atoms with E-state index < -0.39 is 0 Å². The van der Waals surface area contributed by atoms with E-state index in [-0.39, 0.29) is 17.0 Å². The number of nitrogens with zero attached hydrogens (tertiary/aromatic N) is 4. The molecule has 3 heterocycles. The normalized spacial score (nSPS) is 18.0. The monoisotopic (exact) mass is 351 g/mol. The second kappa shape index (κ2) is 6.27. The van der Waals surface area contributed by atoms with E-state index in [1.165, 1.54) is 0 Å². The Labute approximate surface area is 152 Å². The van der Waals surface area contributed by atoms with E-state index in [0.717, 1.165) is 42.1 Å². The van der Waals surface area contributed by atoms with E-state index in [1.54, 1.807) is 10.7 Å². The summed E-state index contributed by atoms with van der Waals surface area (Å²) in [6.45, 7) is 7.86. The molecule has 2 aromatic heterocycles.